The van der Waals surface area contributed by atoms with E-state index in [2.05, 4.69) is 33.4 Å². The molecule has 1 aliphatic rings. The predicted molar refractivity (Wildman–Crippen MR) is 104 cm³/mol. The number of anilines is 1. The number of hydrogen-bond acceptors (Lipinski definition) is 3. The van der Waals surface area contributed by atoms with Crippen molar-refractivity contribution in [1.82, 2.24) is 4.90 Å². The number of amides is 1. The van der Waals surface area contributed by atoms with Gasteiger partial charge in [0, 0.05) is 29.7 Å². The van der Waals surface area contributed by atoms with E-state index in [0.717, 1.165) is 27.7 Å². The Labute approximate surface area is 161 Å². The number of nitrogens with one attached hydrogen (secondary N) is 1. The van der Waals surface area contributed by atoms with Crippen molar-refractivity contribution in [3.8, 4) is 0 Å². The van der Waals surface area contributed by atoms with Crippen molar-refractivity contribution in [1.29, 1.82) is 0 Å². The number of nitrogens with zero attached hydrogens (tertiary/aromatic N) is 1. The smallest absolute Gasteiger partial charge is 0.303 e. The van der Waals surface area contributed by atoms with Crippen LogP contribution < -0.4 is 5.32 Å². The Morgan fingerprint density at radius 3 is 2.65 bits per heavy atom. The molecule has 2 aromatic rings. The monoisotopic (exact) mass is 416 g/mol. The fourth-order valence-electron chi connectivity index (χ4n) is 3.23. The molecule has 1 heterocycles. The molecular weight excluding hydrogens is 396 g/mol. The number of fused-ring (bicyclic) bond motifs is 1. The Kier molecular flexibility index (Phi) is 5.93. The molecule has 0 saturated heterocycles. The summed E-state index contributed by atoms with van der Waals surface area (Å²) in [5.41, 5.74) is 3.20. The van der Waals surface area contributed by atoms with Crippen LogP contribution in [0, 0.1) is 0 Å². The quantitative estimate of drug-likeness (QED) is 0.779. The summed E-state index contributed by atoms with van der Waals surface area (Å²) in [5.74, 6) is -1.07. The fourth-order valence-corrected chi connectivity index (χ4v) is 3.64. The van der Waals surface area contributed by atoms with Crippen LogP contribution in [0.2, 0.25) is 0 Å². The normalized spacial score (nSPS) is 16.3. The first-order chi connectivity index (χ1) is 12.5. The van der Waals surface area contributed by atoms with Crippen LogP contribution >= 0.6 is 15.9 Å². The molecule has 0 saturated carbocycles. The molecule has 5 nitrogen and oxygen atoms in total. The summed E-state index contributed by atoms with van der Waals surface area (Å²) in [4.78, 5) is 25.5. The van der Waals surface area contributed by atoms with Crippen molar-refractivity contribution in [3.05, 3.63) is 64.1 Å². The first-order valence-electron chi connectivity index (χ1n) is 8.60. The van der Waals surface area contributed by atoms with Crippen LogP contribution in [0.5, 0.6) is 0 Å². The molecule has 3 rings (SSSR count). The number of carbonyl (C=O) groups is 2. The molecule has 2 N–H and O–H groups in total. The van der Waals surface area contributed by atoms with Gasteiger partial charge in [-0.15, -0.1) is 0 Å². The van der Waals surface area contributed by atoms with Gasteiger partial charge in [-0.05, 0) is 35.7 Å². The van der Waals surface area contributed by atoms with Crippen molar-refractivity contribution in [2.75, 3.05) is 11.9 Å². The number of carbonyl (C=O) groups excluding carboxylic acids is 1. The molecule has 1 aliphatic heterocycles. The molecule has 0 bridgehead atoms. The van der Waals surface area contributed by atoms with E-state index in [-0.39, 0.29) is 24.8 Å². The number of hydrogen-bond donors (Lipinski definition) is 2. The average molecular weight is 417 g/mol. The van der Waals surface area contributed by atoms with Gasteiger partial charge in [0.15, 0.2) is 0 Å². The van der Waals surface area contributed by atoms with Gasteiger partial charge in [0.25, 0.3) is 0 Å². The van der Waals surface area contributed by atoms with Crippen molar-refractivity contribution in [2.24, 2.45) is 0 Å². The minimum absolute atomic E-state index is 0.0178. The van der Waals surface area contributed by atoms with Gasteiger partial charge in [-0.2, -0.15) is 0 Å². The highest BCUT2D eigenvalue weighted by Gasteiger charge is 2.28. The fraction of sp³-hybridized carbons (Fsp3) is 0.300. The van der Waals surface area contributed by atoms with E-state index in [1.165, 1.54) is 0 Å². The number of rotatable bonds is 5. The van der Waals surface area contributed by atoms with E-state index in [9.17, 15) is 9.59 Å². The molecule has 136 valence electrons. The zero-order valence-corrected chi connectivity index (χ0v) is 15.9. The van der Waals surface area contributed by atoms with E-state index in [1.807, 2.05) is 41.3 Å². The Morgan fingerprint density at radius 1 is 1.15 bits per heavy atom. The number of carboxylic acids is 1. The van der Waals surface area contributed by atoms with Crippen LogP contribution in [0.3, 0.4) is 0 Å². The zero-order valence-electron chi connectivity index (χ0n) is 14.3. The van der Waals surface area contributed by atoms with Gasteiger partial charge in [-0.3, -0.25) is 9.59 Å². The maximum Gasteiger partial charge on any atom is 0.303 e. The predicted octanol–water partition coefficient (Wildman–Crippen LogP) is 3.68. The van der Waals surface area contributed by atoms with Crippen molar-refractivity contribution >= 4 is 33.5 Å². The molecule has 1 amide bonds. The van der Waals surface area contributed by atoms with E-state index < -0.39 is 5.97 Å². The third-order valence-electron chi connectivity index (χ3n) is 4.56. The summed E-state index contributed by atoms with van der Waals surface area (Å²) in [6, 6.07) is 16.0. The van der Waals surface area contributed by atoms with Gasteiger partial charge in [0.1, 0.15) is 0 Å². The molecule has 0 aliphatic carbocycles. The lowest BCUT2D eigenvalue weighted by molar-refractivity contribution is -0.141. The van der Waals surface area contributed by atoms with Crippen LogP contribution in [0.1, 0.15) is 24.0 Å². The first-order valence-corrected chi connectivity index (χ1v) is 9.39. The van der Waals surface area contributed by atoms with Gasteiger partial charge in [-0.25, -0.2) is 0 Å². The van der Waals surface area contributed by atoms with Crippen molar-refractivity contribution < 1.29 is 14.7 Å². The van der Waals surface area contributed by atoms with Crippen molar-refractivity contribution in [3.63, 3.8) is 0 Å². The molecule has 0 fully saturated rings. The number of halogens is 1. The summed E-state index contributed by atoms with van der Waals surface area (Å²) in [6.07, 6.45) is 0.595. The SMILES string of the molecule is O=C(O)CCC(=O)N1Cc2cc(Br)ccc2NCC1Cc1ccccc1. The largest absolute Gasteiger partial charge is 0.481 e. The lowest BCUT2D eigenvalue weighted by Crippen LogP contribution is -2.43. The lowest BCUT2D eigenvalue weighted by atomic mass is 10.0. The molecule has 0 aromatic heterocycles. The van der Waals surface area contributed by atoms with Crippen LogP contribution in [0.4, 0.5) is 5.69 Å². The summed E-state index contributed by atoms with van der Waals surface area (Å²) in [5, 5.41) is 12.4. The highest BCUT2D eigenvalue weighted by atomic mass is 79.9. The Bertz CT molecular complexity index is 795. The molecule has 0 radical (unpaired) electrons. The number of carboxylic acid groups (broad SMARTS) is 1. The van der Waals surface area contributed by atoms with Crippen LogP contribution in [0.25, 0.3) is 0 Å². The van der Waals surface area contributed by atoms with Gasteiger partial charge < -0.3 is 15.3 Å². The second-order valence-electron chi connectivity index (χ2n) is 6.44. The van der Waals surface area contributed by atoms with Crippen LogP contribution in [-0.2, 0) is 22.6 Å². The summed E-state index contributed by atoms with van der Waals surface area (Å²) in [7, 11) is 0. The highest BCUT2D eigenvalue weighted by Crippen LogP contribution is 2.27. The van der Waals surface area contributed by atoms with E-state index in [1.54, 1.807) is 0 Å². The minimum atomic E-state index is -0.950. The van der Waals surface area contributed by atoms with Crippen LogP contribution in [-0.4, -0.2) is 34.5 Å². The zero-order chi connectivity index (χ0) is 18.5. The second-order valence-corrected chi connectivity index (χ2v) is 7.36. The average Bonchev–Trinajstić information content (AvgIpc) is 2.80. The summed E-state index contributed by atoms with van der Waals surface area (Å²) >= 11 is 3.48. The lowest BCUT2D eigenvalue weighted by Gasteiger charge is -2.30. The van der Waals surface area contributed by atoms with Crippen molar-refractivity contribution in [2.45, 2.75) is 31.8 Å². The molecule has 2 aromatic carbocycles. The standard InChI is InChI=1S/C20H21BrN2O3/c21-16-6-7-18-15(11-16)13-23(19(24)8-9-20(25)26)17(12-22-18)10-14-4-2-1-3-5-14/h1-7,11,17,22H,8-10,12-13H2,(H,25,26). The van der Waals surface area contributed by atoms with Gasteiger partial charge in [0.2, 0.25) is 5.91 Å². The Hall–Kier alpha value is -2.34. The van der Waals surface area contributed by atoms with E-state index in [4.69, 9.17) is 5.11 Å². The third kappa shape index (κ3) is 4.64. The maximum atomic E-state index is 12.8. The second kappa shape index (κ2) is 8.36. The van der Waals surface area contributed by atoms with E-state index in [0.29, 0.717) is 13.1 Å². The van der Waals surface area contributed by atoms with Gasteiger partial charge in [0.05, 0.1) is 12.5 Å². The molecule has 6 heteroatoms. The topological polar surface area (TPSA) is 69.6 Å². The molecule has 0 spiro atoms. The molecule has 1 unspecified atom stereocenters. The van der Waals surface area contributed by atoms with Gasteiger partial charge >= 0.3 is 5.97 Å². The first kappa shape index (κ1) is 18.5. The molecule has 26 heavy (non-hydrogen) atoms. The molecule has 1 atom stereocenters. The Morgan fingerprint density at radius 2 is 1.92 bits per heavy atom. The van der Waals surface area contributed by atoms with E-state index >= 15 is 0 Å². The minimum Gasteiger partial charge on any atom is -0.481 e. The van der Waals surface area contributed by atoms with Crippen LogP contribution in [0.15, 0.2) is 53.0 Å². The van der Waals surface area contributed by atoms with Gasteiger partial charge in [-0.1, -0.05) is 46.3 Å². The highest BCUT2D eigenvalue weighted by molar-refractivity contribution is 9.10. The summed E-state index contributed by atoms with van der Waals surface area (Å²) < 4.78 is 0.956. The summed E-state index contributed by atoms with van der Waals surface area (Å²) in [6.45, 7) is 1.10. The maximum absolute atomic E-state index is 12.8. The number of aliphatic carboxylic acids is 1. The number of benzene rings is 2. The third-order valence-corrected chi connectivity index (χ3v) is 5.06. The molecular formula is C20H21BrN2O3. The Balaban J connectivity index is 1.85.